The molecule has 0 aliphatic rings. The Morgan fingerprint density at radius 1 is 1.10 bits per heavy atom. The first-order valence-corrected chi connectivity index (χ1v) is 10.0. The minimum atomic E-state index is -0.175. The Morgan fingerprint density at radius 2 is 1.77 bits per heavy atom. The summed E-state index contributed by atoms with van der Waals surface area (Å²) in [7, 11) is 5.71. The summed E-state index contributed by atoms with van der Waals surface area (Å²) in [5.74, 6) is 0.608. The molecule has 0 saturated heterocycles. The lowest BCUT2D eigenvalue weighted by Crippen LogP contribution is -2.40. The van der Waals surface area contributed by atoms with Gasteiger partial charge in [-0.1, -0.05) is 32.0 Å². The van der Waals surface area contributed by atoms with Crippen LogP contribution < -0.4 is 10.1 Å². The minimum absolute atomic E-state index is 0.0417. The molecule has 6 nitrogen and oxygen atoms in total. The Morgan fingerprint density at radius 3 is 2.37 bits per heavy atom. The topological polar surface area (TPSA) is 59.4 Å². The number of nitrogens with one attached hydrogen (secondary N) is 1. The molecule has 0 aliphatic carbocycles. The molecule has 0 saturated carbocycles. The molecule has 0 aliphatic heterocycles. The zero-order valence-corrected chi connectivity index (χ0v) is 18.3. The molecule has 2 aromatic carbocycles. The molecule has 0 atom stereocenters. The quantitative estimate of drug-likeness (QED) is 0.617. The number of hydrogen-bond donors (Lipinski definition) is 1. The van der Waals surface area contributed by atoms with Crippen LogP contribution in [-0.2, 0) is 0 Å². The first-order chi connectivity index (χ1) is 14.3. The summed E-state index contributed by atoms with van der Waals surface area (Å²) in [4.78, 5) is 15.0. The smallest absolute Gasteiger partial charge is 0.271 e. The number of aromatic nitrogens is 2. The molecule has 158 valence electrons. The number of hydrogen-bond acceptors (Lipinski definition) is 4. The largest absolute Gasteiger partial charge is 0.497 e. The first kappa shape index (κ1) is 21.6. The average molecular weight is 407 g/mol. The monoisotopic (exact) mass is 406 g/mol. The second-order valence-electron chi connectivity index (χ2n) is 8.48. The van der Waals surface area contributed by atoms with Crippen LogP contribution in [0.1, 0.15) is 24.3 Å². The molecule has 3 aromatic rings. The summed E-state index contributed by atoms with van der Waals surface area (Å²) in [6.45, 7) is 5.72. The number of amides is 1. The van der Waals surface area contributed by atoms with Crippen LogP contribution in [0.2, 0.25) is 0 Å². The molecule has 6 heteroatoms. The highest BCUT2D eigenvalue weighted by Crippen LogP contribution is 2.26. The normalized spacial score (nSPS) is 11.5. The fourth-order valence-corrected chi connectivity index (χ4v) is 3.55. The Kier molecular flexibility index (Phi) is 6.57. The Labute approximate surface area is 178 Å². The van der Waals surface area contributed by atoms with Gasteiger partial charge in [-0.2, -0.15) is 5.10 Å². The number of benzene rings is 2. The Balaban J connectivity index is 1.90. The van der Waals surface area contributed by atoms with Gasteiger partial charge in [0, 0.05) is 18.7 Å². The van der Waals surface area contributed by atoms with Crippen molar-refractivity contribution in [2.45, 2.75) is 13.8 Å². The van der Waals surface area contributed by atoms with Crippen LogP contribution in [0.3, 0.4) is 0 Å². The summed E-state index contributed by atoms with van der Waals surface area (Å²) >= 11 is 0. The number of ether oxygens (including phenoxy) is 1. The van der Waals surface area contributed by atoms with Gasteiger partial charge in [0.15, 0.2) is 5.69 Å². The summed E-state index contributed by atoms with van der Waals surface area (Å²) in [6.07, 6.45) is 0. The van der Waals surface area contributed by atoms with E-state index in [0.29, 0.717) is 12.2 Å². The van der Waals surface area contributed by atoms with Gasteiger partial charge < -0.3 is 15.0 Å². The molecule has 0 spiro atoms. The molecule has 3 rings (SSSR count). The fraction of sp³-hybridized carbons (Fsp3) is 0.333. The van der Waals surface area contributed by atoms with Crippen molar-refractivity contribution < 1.29 is 9.53 Å². The van der Waals surface area contributed by atoms with Crippen LogP contribution >= 0.6 is 0 Å². The lowest BCUT2D eigenvalue weighted by molar-refractivity contribution is 0.0924. The van der Waals surface area contributed by atoms with Gasteiger partial charge in [0.25, 0.3) is 5.91 Å². The van der Waals surface area contributed by atoms with Crippen molar-refractivity contribution in [2.75, 3.05) is 34.3 Å². The van der Waals surface area contributed by atoms with Crippen LogP contribution in [0.4, 0.5) is 0 Å². The van der Waals surface area contributed by atoms with Gasteiger partial charge in [-0.05, 0) is 62.0 Å². The highest BCUT2D eigenvalue weighted by molar-refractivity contribution is 5.93. The SMILES string of the molecule is COc1ccc(-c2cc(C(=O)NCC(C)(C)CN(C)C)nn2-c2ccccc2)cc1. The van der Waals surface area contributed by atoms with Gasteiger partial charge in [-0.3, -0.25) is 4.79 Å². The highest BCUT2D eigenvalue weighted by Gasteiger charge is 2.22. The third kappa shape index (κ3) is 5.27. The lowest BCUT2D eigenvalue weighted by Gasteiger charge is -2.28. The fourth-order valence-electron chi connectivity index (χ4n) is 3.55. The van der Waals surface area contributed by atoms with E-state index in [1.165, 1.54) is 0 Å². The van der Waals surface area contributed by atoms with Crippen molar-refractivity contribution in [2.24, 2.45) is 5.41 Å². The predicted molar refractivity (Wildman–Crippen MR) is 120 cm³/mol. The summed E-state index contributed by atoms with van der Waals surface area (Å²) < 4.78 is 7.07. The van der Waals surface area contributed by atoms with Gasteiger partial charge >= 0.3 is 0 Å². The van der Waals surface area contributed by atoms with E-state index in [1.54, 1.807) is 7.11 Å². The van der Waals surface area contributed by atoms with E-state index in [2.05, 4.69) is 29.2 Å². The van der Waals surface area contributed by atoms with Crippen LogP contribution in [0.5, 0.6) is 5.75 Å². The number of carbonyl (C=O) groups is 1. The zero-order chi connectivity index (χ0) is 21.7. The van der Waals surface area contributed by atoms with E-state index in [-0.39, 0.29) is 11.3 Å². The van der Waals surface area contributed by atoms with E-state index >= 15 is 0 Å². The maximum absolute atomic E-state index is 12.9. The molecule has 1 N–H and O–H groups in total. The van der Waals surface area contributed by atoms with Gasteiger partial charge in [0.1, 0.15) is 5.75 Å². The maximum Gasteiger partial charge on any atom is 0.271 e. The Hall–Kier alpha value is -3.12. The van der Waals surface area contributed by atoms with Gasteiger partial charge in [-0.15, -0.1) is 0 Å². The molecular weight excluding hydrogens is 376 g/mol. The summed E-state index contributed by atoms with van der Waals surface area (Å²) in [5, 5.41) is 7.67. The van der Waals surface area contributed by atoms with Crippen LogP contribution in [0.25, 0.3) is 16.9 Å². The van der Waals surface area contributed by atoms with Crippen LogP contribution in [-0.4, -0.2) is 54.9 Å². The summed E-state index contributed by atoms with van der Waals surface area (Å²) in [6, 6.07) is 19.4. The highest BCUT2D eigenvalue weighted by atomic mass is 16.5. The molecule has 0 bridgehead atoms. The molecule has 30 heavy (non-hydrogen) atoms. The lowest BCUT2D eigenvalue weighted by atomic mass is 9.93. The first-order valence-electron chi connectivity index (χ1n) is 10.0. The third-order valence-corrected chi connectivity index (χ3v) is 4.80. The Bertz CT molecular complexity index is 976. The predicted octanol–water partition coefficient (Wildman–Crippen LogP) is 3.87. The number of nitrogens with zero attached hydrogens (tertiary/aromatic N) is 3. The zero-order valence-electron chi connectivity index (χ0n) is 18.3. The number of methoxy groups -OCH3 is 1. The molecule has 0 unspecified atom stereocenters. The molecule has 0 fully saturated rings. The molecule has 0 radical (unpaired) electrons. The van der Waals surface area contributed by atoms with Crippen molar-refractivity contribution in [3.8, 4) is 22.7 Å². The number of carbonyl (C=O) groups excluding carboxylic acids is 1. The second kappa shape index (κ2) is 9.13. The molecule has 1 aromatic heterocycles. The standard InChI is InChI=1S/C24H30N4O2/c1-24(2,17-27(3)4)16-25-23(29)21-15-22(18-11-13-20(30-5)14-12-18)28(26-21)19-9-7-6-8-10-19/h6-15H,16-17H2,1-5H3,(H,25,29). The molecular formula is C24H30N4O2. The van der Waals surface area contributed by atoms with E-state index in [9.17, 15) is 4.79 Å². The van der Waals surface area contributed by atoms with Crippen molar-refractivity contribution in [1.82, 2.24) is 20.0 Å². The van der Waals surface area contributed by atoms with Gasteiger partial charge in [-0.25, -0.2) is 4.68 Å². The summed E-state index contributed by atoms with van der Waals surface area (Å²) in [5.41, 5.74) is 3.06. The van der Waals surface area contributed by atoms with Gasteiger partial charge in [0.05, 0.1) is 18.5 Å². The average Bonchev–Trinajstić information content (AvgIpc) is 3.17. The third-order valence-electron chi connectivity index (χ3n) is 4.80. The van der Waals surface area contributed by atoms with E-state index in [0.717, 1.165) is 29.2 Å². The van der Waals surface area contributed by atoms with E-state index in [4.69, 9.17) is 4.74 Å². The minimum Gasteiger partial charge on any atom is -0.497 e. The van der Waals surface area contributed by atoms with Crippen molar-refractivity contribution in [1.29, 1.82) is 0 Å². The second-order valence-corrected chi connectivity index (χ2v) is 8.48. The number of para-hydroxylation sites is 1. The molecule has 1 heterocycles. The van der Waals surface area contributed by atoms with E-state index in [1.807, 2.05) is 79.4 Å². The molecule has 1 amide bonds. The van der Waals surface area contributed by atoms with E-state index < -0.39 is 0 Å². The number of rotatable bonds is 8. The van der Waals surface area contributed by atoms with Crippen molar-refractivity contribution in [3.05, 3.63) is 66.4 Å². The maximum atomic E-state index is 12.9. The van der Waals surface area contributed by atoms with Crippen LogP contribution in [0.15, 0.2) is 60.7 Å². The van der Waals surface area contributed by atoms with Crippen molar-refractivity contribution in [3.63, 3.8) is 0 Å². The van der Waals surface area contributed by atoms with Crippen molar-refractivity contribution >= 4 is 5.91 Å². The van der Waals surface area contributed by atoms with Crippen LogP contribution in [0, 0.1) is 5.41 Å². The van der Waals surface area contributed by atoms with Gasteiger partial charge in [0.2, 0.25) is 0 Å².